The number of hydrogen-bond acceptors (Lipinski definition) is 3. The summed E-state index contributed by atoms with van der Waals surface area (Å²) in [5, 5.41) is 3.47. The van der Waals surface area contributed by atoms with Crippen LogP contribution in [0.2, 0.25) is 0 Å². The van der Waals surface area contributed by atoms with Crippen molar-refractivity contribution in [1.82, 2.24) is 10.2 Å². The highest BCUT2D eigenvalue weighted by Gasteiger charge is 2.31. The lowest BCUT2D eigenvalue weighted by molar-refractivity contribution is 0.139. The molecule has 3 nitrogen and oxygen atoms in total. The van der Waals surface area contributed by atoms with Gasteiger partial charge in [-0.05, 0) is 38.6 Å². The van der Waals surface area contributed by atoms with Gasteiger partial charge in [0.05, 0.1) is 0 Å². The Balaban J connectivity index is 2.09. The van der Waals surface area contributed by atoms with Crippen molar-refractivity contribution in [2.45, 2.75) is 45.8 Å². The van der Waals surface area contributed by atoms with Gasteiger partial charge in [-0.3, -0.25) is 4.90 Å². The minimum Gasteiger partial charge on any atom is -0.368 e. The minimum atomic E-state index is 0.225. The van der Waals surface area contributed by atoms with E-state index >= 15 is 0 Å². The number of piperazine rings is 1. The van der Waals surface area contributed by atoms with Crippen molar-refractivity contribution in [2.24, 2.45) is 0 Å². The third-order valence-electron chi connectivity index (χ3n) is 4.42. The highest BCUT2D eigenvalue weighted by atomic mass is 79.9. The Kier molecular flexibility index (Phi) is 5.33. The SMILES string of the molecule is CC(C)NCc1ccc(N2CCN(C)C(C)(C)C2)cc1Br. The molecule has 1 N–H and O–H groups in total. The van der Waals surface area contributed by atoms with Crippen molar-refractivity contribution in [3.05, 3.63) is 28.2 Å². The van der Waals surface area contributed by atoms with Crippen LogP contribution < -0.4 is 10.2 Å². The number of benzene rings is 1. The summed E-state index contributed by atoms with van der Waals surface area (Å²) in [5.41, 5.74) is 2.86. The minimum absolute atomic E-state index is 0.225. The van der Waals surface area contributed by atoms with Gasteiger partial charge in [-0.25, -0.2) is 0 Å². The summed E-state index contributed by atoms with van der Waals surface area (Å²) in [6.45, 7) is 13.2. The first-order chi connectivity index (χ1) is 9.79. The first-order valence-corrected chi connectivity index (χ1v) is 8.57. The van der Waals surface area contributed by atoms with E-state index < -0.39 is 0 Å². The Hall–Kier alpha value is -0.580. The summed E-state index contributed by atoms with van der Waals surface area (Å²) < 4.78 is 1.20. The molecule has 0 aliphatic carbocycles. The fraction of sp³-hybridized carbons (Fsp3) is 0.647. The standard InChI is InChI=1S/C17H28BrN3/c1-13(2)19-11-14-6-7-15(10-16(14)18)21-9-8-20(5)17(3,4)12-21/h6-7,10,13,19H,8-9,11-12H2,1-5H3. The van der Waals surface area contributed by atoms with Crippen LogP contribution in [0.5, 0.6) is 0 Å². The van der Waals surface area contributed by atoms with Crippen LogP contribution in [0.3, 0.4) is 0 Å². The van der Waals surface area contributed by atoms with E-state index in [-0.39, 0.29) is 5.54 Å². The topological polar surface area (TPSA) is 18.5 Å². The van der Waals surface area contributed by atoms with Gasteiger partial charge in [0.2, 0.25) is 0 Å². The van der Waals surface area contributed by atoms with Crippen molar-refractivity contribution in [3.63, 3.8) is 0 Å². The summed E-state index contributed by atoms with van der Waals surface area (Å²) in [6, 6.07) is 7.26. The van der Waals surface area contributed by atoms with Gasteiger partial charge in [-0.1, -0.05) is 35.8 Å². The van der Waals surface area contributed by atoms with Gasteiger partial charge in [0.15, 0.2) is 0 Å². The van der Waals surface area contributed by atoms with Crippen LogP contribution in [0.25, 0.3) is 0 Å². The number of halogens is 1. The lowest BCUT2D eigenvalue weighted by Crippen LogP contribution is -2.57. The van der Waals surface area contributed by atoms with Gasteiger partial charge < -0.3 is 10.2 Å². The predicted molar refractivity (Wildman–Crippen MR) is 95.0 cm³/mol. The first kappa shape index (κ1) is 16.8. The Labute approximate surface area is 137 Å². The van der Waals surface area contributed by atoms with E-state index in [9.17, 15) is 0 Å². The number of rotatable bonds is 4. The van der Waals surface area contributed by atoms with E-state index in [4.69, 9.17) is 0 Å². The maximum atomic E-state index is 3.73. The lowest BCUT2D eigenvalue weighted by Gasteiger charge is -2.46. The second kappa shape index (κ2) is 6.67. The molecule has 1 saturated heterocycles. The van der Waals surface area contributed by atoms with E-state index in [1.54, 1.807) is 0 Å². The van der Waals surface area contributed by atoms with E-state index in [0.29, 0.717) is 6.04 Å². The second-order valence-electron chi connectivity index (χ2n) is 6.97. The number of nitrogens with one attached hydrogen (secondary N) is 1. The van der Waals surface area contributed by atoms with Gasteiger partial charge in [0.25, 0.3) is 0 Å². The molecule has 0 atom stereocenters. The molecule has 1 heterocycles. The molecule has 0 spiro atoms. The quantitative estimate of drug-likeness (QED) is 0.893. The largest absolute Gasteiger partial charge is 0.368 e. The van der Waals surface area contributed by atoms with E-state index in [0.717, 1.165) is 26.2 Å². The highest BCUT2D eigenvalue weighted by Crippen LogP contribution is 2.28. The molecule has 0 radical (unpaired) electrons. The zero-order valence-corrected chi connectivity index (χ0v) is 15.5. The molecular formula is C17H28BrN3. The van der Waals surface area contributed by atoms with Crippen molar-refractivity contribution in [2.75, 3.05) is 31.6 Å². The number of hydrogen-bond donors (Lipinski definition) is 1. The van der Waals surface area contributed by atoms with Gasteiger partial charge in [0, 0.05) is 47.9 Å². The Bertz CT molecular complexity index is 485. The first-order valence-electron chi connectivity index (χ1n) is 7.77. The van der Waals surface area contributed by atoms with Crippen molar-refractivity contribution in [3.8, 4) is 0 Å². The zero-order chi connectivity index (χ0) is 15.6. The van der Waals surface area contributed by atoms with E-state index in [1.165, 1.54) is 15.7 Å². The van der Waals surface area contributed by atoms with Crippen LogP contribution in [-0.4, -0.2) is 43.2 Å². The molecule has 0 aromatic heterocycles. The molecule has 0 saturated carbocycles. The normalized spacial score (nSPS) is 19.3. The Morgan fingerprint density at radius 3 is 2.57 bits per heavy atom. The van der Waals surface area contributed by atoms with Gasteiger partial charge in [-0.2, -0.15) is 0 Å². The van der Waals surface area contributed by atoms with Gasteiger partial charge >= 0.3 is 0 Å². The van der Waals surface area contributed by atoms with Crippen molar-refractivity contribution < 1.29 is 0 Å². The van der Waals surface area contributed by atoms with E-state index in [2.05, 4.69) is 84.0 Å². The average Bonchev–Trinajstić information content (AvgIpc) is 2.40. The van der Waals surface area contributed by atoms with Crippen molar-refractivity contribution >= 4 is 21.6 Å². The molecule has 2 rings (SSSR count). The third-order valence-corrected chi connectivity index (χ3v) is 5.16. The van der Waals surface area contributed by atoms with Crippen LogP contribution in [-0.2, 0) is 6.54 Å². The summed E-state index contributed by atoms with van der Waals surface area (Å²) in [5.74, 6) is 0. The fourth-order valence-electron chi connectivity index (χ4n) is 2.65. The summed E-state index contributed by atoms with van der Waals surface area (Å²) in [7, 11) is 2.22. The summed E-state index contributed by atoms with van der Waals surface area (Å²) in [6.07, 6.45) is 0. The van der Waals surface area contributed by atoms with E-state index in [1.807, 2.05) is 0 Å². The van der Waals surface area contributed by atoms with Gasteiger partial charge in [0.1, 0.15) is 0 Å². The van der Waals surface area contributed by atoms with Crippen LogP contribution in [0.15, 0.2) is 22.7 Å². The van der Waals surface area contributed by atoms with Gasteiger partial charge in [-0.15, -0.1) is 0 Å². The number of anilines is 1. The smallest absolute Gasteiger partial charge is 0.0378 e. The maximum absolute atomic E-state index is 3.73. The molecule has 4 heteroatoms. The molecule has 0 amide bonds. The third kappa shape index (κ3) is 4.21. The summed E-state index contributed by atoms with van der Waals surface area (Å²) >= 11 is 3.73. The monoisotopic (exact) mass is 353 g/mol. The number of nitrogens with zero attached hydrogens (tertiary/aromatic N) is 2. The molecule has 21 heavy (non-hydrogen) atoms. The van der Waals surface area contributed by atoms with Crippen LogP contribution >= 0.6 is 15.9 Å². The van der Waals surface area contributed by atoms with Crippen LogP contribution in [0, 0.1) is 0 Å². The summed E-state index contributed by atoms with van der Waals surface area (Å²) in [4.78, 5) is 4.93. The second-order valence-corrected chi connectivity index (χ2v) is 7.82. The molecule has 1 aromatic rings. The van der Waals surface area contributed by atoms with Crippen LogP contribution in [0.1, 0.15) is 33.3 Å². The molecule has 1 aliphatic rings. The predicted octanol–water partition coefficient (Wildman–Crippen LogP) is 3.48. The Morgan fingerprint density at radius 1 is 1.29 bits per heavy atom. The zero-order valence-electron chi connectivity index (χ0n) is 13.9. The molecule has 1 fully saturated rings. The molecule has 0 bridgehead atoms. The average molecular weight is 354 g/mol. The molecule has 1 aromatic carbocycles. The molecule has 0 unspecified atom stereocenters. The highest BCUT2D eigenvalue weighted by molar-refractivity contribution is 9.10. The maximum Gasteiger partial charge on any atom is 0.0378 e. The molecule has 118 valence electrons. The van der Waals surface area contributed by atoms with Crippen LogP contribution in [0.4, 0.5) is 5.69 Å². The number of likely N-dealkylation sites (N-methyl/N-ethyl adjacent to an activating group) is 1. The molecular weight excluding hydrogens is 326 g/mol. The van der Waals surface area contributed by atoms with Crippen molar-refractivity contribution in [1.29, 1.82) is 0 Å². The lowest BCUT2D eigenvalue weighted by atomic mass is 9.99. The fourth-order valence-corrected chi connectivity index (χ4v) is 3.16. The molecule has 1 aliphatic heterocycles. The Morgan fingerprint density at radius 2 is 2.00 bits per heavy atom.